The van der Waals surface area contributed by atoms with E-state index in [1.165, 1.54) is 37.1 Å². The average Bonchev–Trinajstić information content (AvgIpc) is 2.48. The molecule has 0 aromatic heterocycles. The van der Waals surface area contributed by atoms with Crippen molar-refractivity contribution in [1.82, 2.24) is 10.2 Å². The Labute approximate surface area is 161 Å². The van der Waals surface area contributed by atoms with Gasteiger partial charge in [0.15, 0.2) is 0 Å². The number of hydrogen-bond donors (Lipinski definition) is 1. The van der Waals surface area contributed by atoms with E-state index in [2.05, 4.69) is 69.1 Å². The van der Waals surface area contributed by atoms with Crippen LogP contribution >= 0.6 is 24.8 Å². The maximum atomic E-state index is 3.47. The fraction of sp³-hybridized carbons (Fsp3) is 0.700. The average molecular weight is 375 g/mol. The van der Waals surface area contributed by atoms with Gasteiger partial charge in [0.2, 0.25) is 0 Å². The van der Waals surface area contributed by atoms with Crippen LogP contribution in [0, 0.1) is 5.92 Å². The van der Waals surface area contributed by atoms with Gasteiger partial charge in [-0.15, -0.1) is 24.8 Å². The number of benzene rings is 1. The molecule has 1 atom stereocenters. The highest BCUT2D eigenvalue weighted by Crippen LogP contribution is 2.30. The lowest BCUT2D eigenvalue weighted by Crippen LogP contribution is -2.45. The van der Waals surface area contributed by atoms with Crippen LogP contribution in [-0.2, 0) is 5.41 Å². The summed E-state index contributed by atoms with van der Waals surface area (Å²) in [5.74, 6) is 0.777. The molecule has 0 spiro atoms. The second-order valence-corrected chi connectivity index (χ2v) is 8.14. The van der Waals surface area contributed by atoms with Gasteiger partial charge in [0, 0.05) is 32.2 Å². The summed E-state index contributed by atoms with van der Waals surface area (Å²) in [6, 6.07) is 9.99. The normalized spacial score (nSPS) is 17.1. The smallest absolute Gasteiger partial charge is 0.0349 e. The molecule has 2 rings (SSSR count). The summed E-state index contributed by atoms with van der Waals surface area (Å²) in [7, 11) is 0. The molecule has 0 aliphatic carbocycles. The van der Waals surface area contributed by atoms with E-state index < -0.39 is 0 Å². The summed E-state index contributed by atoms with van der Waals surface area (Å²) < 4.78 is 0. The van der Waals surface area contributed by atoms with Crippen LogP contribution in [0.4, 0.5) is 0 Å². The molecule has 4 heteroatoms. The largest absolute Gasteiger partial charge is 0.314 e. The molecule has 1 fully saturated rings. The number of rotatable bonds is 5. The molecule has 24 heavy (non-hydrogen) atoms. The Kier molecular flexibility index (Phi) is 10.5. The number of halogens is 2. The van der Waals surface area contributed by atoms with Gasteiger partial charge in [-0.2, -0.15) is 0 Å². The van der Waals surface area contributed by atoms with Gasteiger partial charge in [-0.25, -0.2) is 0 Å². The quantitative estimate of drug-likeness (QED) is 0.760. The summed E-state index contributed by atoms with van der Waals surface area (Å²) in [5.41, 5.74) is 3.16. The van der Waals surface area contributed by atoms with Crippen molar-refractivity contribution >= 4 is 24.8 Å². The summed E-state index contributed by atoms with van der Waals surface area (Å²) in [6.07, 6.45) is 2.57. The van der Waals surface area contributed by atoms with Crippen LogP contribution in [0.15, 0.2) is 24.3 Å². The Bertz CT molecular complexity index is 446. The van der Waals surface area contributed by atoms with Gasteiger partial charge >= 0.3 is 0 Å². The van der Waals surface area contributed by atoms with E-state index >= 15 is 0 Å². The Morgan fingerprint density at radius 1 is 0.958 bits per heavy atom. The Morgan fingerprint density at radius 2 is 1.50 bits per heavy atom. The minimum absolute atomic E-state index is 0. The second kappa shape index (κ2) is 10.7. The van der Waals surface area contributed by atoms with E-state index in [-0.39, 0.29) is 30.2 Å². The highest BCUT2D eigenvalue weighted by molar-refractivity contribution is 5.85. The first-order valence-electron chi connectivity index (χ1n) is 8.93. The van der Waals surface area contributed by atoms with Gasteiger partial charge in [-0.3, -0.25) is 4.90 Å². The maximum absolute atomic E-state index is 3.47. The number of piperazine rings is 1. The van der Waals surface area contributed by atoms with Crippen molar-refractivity contribution in [3.05, 3.63) is 35.4 Å². The first-order valence-corrected chi connectivity index (χ1v) is 8.93. The van der Waals surface area contributed by atoms with E-state index in [1.54, 1.807) is 0 Å². The number of nitrogens with one attached hydrogen (secondary N) is 1. The van der Waals surface area contributed by atoms with Gasteiger partial charge in [-0.05, 0) is 35.3 Å². The molecule has 1 saturated heterocycles. The third-order valence-electron chi connectivity index (χ3n) is 4.77. The predicted molar refractivity (Wildman–Crippen MR) is 111 cm³/mol. The van der Waals surface area contributed by atoms with Crippen molar-refractivity contribution in [2.24, 2.45) is 5.92 Å². The van der Waals surface area contributed by atoms with Crippen molar-refractivity contribution in [2.75, 3.05) is 26.2 Å². The lowest BCUT2D eigenvalue weighted by atomic mass is 9.85. The maximum Gasteiger partial charge on any atom is 0.0349 e. The lowest BCUT2D eigenvalue weighted by molar-refractivity contribution is 0.160. The zero-order chi connectivity index (χ0) is 16.2. The van der Waals surface area contributed by atoms with E-state index in [1.807, 2.05) is 0 Å². The first kappa shape index (κ1) is 23.7. The molecule has 0 amide bonds. The van der Waals surface area contributed by atoms with Crippen LogP contribution in [0.5, 0.6) is 0 Å². The molecule has 1 aromatic carbocycles. The first-order chi connectivity index (χ1) is 10.4. The van der Waals surface area contributed by atoms with Crippen LogP contribution in [0.25, 0.3) is 0 Å². The topological polar surface area (TPSA) is 15.3 Å². The minimum atomic E-state index is 0. The molecule has 1 heterocycles. The number of nitrogens with zero attached hydrogens (tertiary/aromatic N) is 1. The number of hydrogen-bond acceptors (Lipinski definition) is 2. The zero-order valence-electron chi connectivity index (χ0n) is 16.0. The molecular weight excluding hydrogens is 339 g/mol. The molecule has 0 bridgehead atoms. The molecular formula is C20H36Cl2N2. The Balaban J connectivity index is 0.00000264. The predicted octanol–water partition coefficient (Wildman–Crippen LogP) is 5.21. The van der Waals surface area contributed by atoms with Crippen LogP contribution in [0.2, 0.25) is 0 Å². The van der Waals surface area contributed by atoms with E-state index in [9.17, 15) is 0 Å². The molecule has 1 N–H and O–H groups in total. The summed E-state index contributed by atoms with van der Waals surface area (Å²) >= 11 is 0. The molecule has 140 valence electrons. The summed E-state index contributed by atoms with van der Waals surface area (Å²) in [6.45, 7) is 16.1. The van der Waals surface area contributed by atoms with Crippen molar-refractivity contribution < 1.29 is 0 Å². The van der Waals surface area contributed by atoms with Gasteiger partial charge in [0.05, 0.1) is 0 Å². The molecule has 0 saturated carbocycles. The minimum Gasteiger partial charge on any atom is -0.314 e. The highest BCUT2D eigenvalue weighted by Gasteiger charge is 2.23. The summed E-state index contributed by atoms with van der Waals surface area (Å²) in [5, 5.41) is 3.47. The van der Waals surface area contributed by atoms with Gasteiger partial charge < -0.3 is 5.32 Å². The molecule has 1 aromatic rings. The fourth-order valence-corrected chi connectivity index (χ4v) is 3.25. The highest BCUT2D eigenvalue weighted by atomic mass is 35.5. The third kappa shape index (κ3) is 6.92. The Hall–Kier alpha value is -0.280. The SMILES string of the molecule is CC(C)CC[C@@H](c1ccc(C(C)(C)C)cc1)N1CCNCC1.Cl.Cl. The van der Waals surface area contributed by atoms with E-state index in [0.717, 1.165) is 19.0 Å². The fourth-order valence-electron chi connectivity index (χ4n) is 3.25. The molecule has 0 radical (unpaired) electrons. The van der Waals surface area contributed by atoms with Crippen LogP contribution in [0.1, 0.15) is 64.6 Å². The zero-order valence-corrected chi connectivity index (χ0v) is 17.6. The van der Waals surface area contributed by atoms with Gasteiger partial charge in [0.25, 0.3) is 0 Å². The second-order valence-electron chi connectivity index (χ2n) is 8.14. The van der Waals surface area contributed by atoms with Crippen molar-refractivity contribution in [1.29, 1.82) is 0 Å². The van der Waals surface area contributed by atoms with Crippen LogP contribution in [-0.4, -0.2) is 31.1 Å². The molecule has 1 aliphatic heterocycles. The van der Waals surface area contributed by atoms with Crippen molar-refractivity contribution in [3.63, 3.8) is 0 Å². The molecule has 1 aliphatic rings. The van der Waals surface area contributed by atoms with Crippen LogP contribution in [0.3, 0.4) is 0 Å². The standard InChI is InChI=1S/C20H34N2.2ClH/c1-16(2)6-11-19(22-14-12-21-13-15-22)17-7-9-18(10-8-17)20(3,4)5;;/h7-10,16,19,21H,6,11-15H2,1-5H3;2*1H/t19-;;/m0../s1. The Morgan fingerprint density at radius 3 is 1.96 bits per heavy atom. The molecule has 0 unspecified atom stereocenters. The van der Waals surface area contributed by atoms with E-state index in [0.29, 0.717) is 6.04 Å². The van der Waals surface area contributed by atoms with Crippen molar-refractivity contribution in [2.45, 2.75) is 58.9 Å². The third-order valence-corrected chi connectivity index (χ3v) is 4.77. The van der Waals surface area contributed by atoms with E-state index in [4.69, 9.17) is 0 Å². The lowest BCUT2D eigenvalue weighted by Gasteiger charge is -2.36. The summed E-state index contributed by atoms with van der Waals surface area (Å²) in [4.78, 5) is 2.67. The van der Waals surface area contributed by atoms with Crippen LogP contribution < -0.4 is 5.32 Å². The molecule has 2 nitrogen and oxygen atoms in total. The monoisotopic (exact) mass is 374 g/mol. The van der Waals surface area contributed by atoms with Crippen molar-refractivity contribution in [3.8, 4) is 0 Å². The van der Waals surface area contributed by atoms with Gasteiger partial charge in [-0.1, -0.05) is 58.9 Å². The van der Waals surface area contributed by atoms with Gasteiger partial charge in [0.1, 0.15) is 0 Å².